The Morgan fingerprint density at radius 3 is 2.56 bits per heavy atom. The molecule has 0 radical (unpaired) electrons. The zero-order chi connectivity index (χ0) is 13.3. The maximum atomic E-state index is 5.83. The number of benzene rings is 1. The summed E-state index contributed by atoms with van der Waals surface area (Å²) in [5.74, 6) is 0. The van der Waals surface area contributed by atoms with Gasteiger partial charge in [0.1, 0.15) is 0 Å². The van der Waals surface area contributed by atoms with Gasteiger partial charge < -0.3 is 5.73 Å². The van der Waals surface area contributed by atoms with Crippen molar-refractivity contribution in [2.45, 2.75) is 26.2 Å². The highest BCUT2D eigenvalue weighted by atomic mass is 79.9. The van der Waals surface area contributed by atoms with E-state index >= 15 is 0 Å². The highest BCUT2D eigenvalue weighted by molar-refractivity contribution is 9.10. The SMILES string of the molecule is Cc1ccc(-c2ccc(C(C)(C)CN)s2)cc1Br. The third kappa shape index (κ3) is 2.68. The summed E-state index contributed by atoms with van der Waals surface area (Å²) in [6.07, 6.45) is 0. The lowest BCUT2D eigenvalue weighted by molar-refractivity contribution is 0.550. The maximum absolute atomic E-state index is 5.83. The molecule has 2 aromatic rings. The Hall–Kier alpha value is -0.640. The first-order valence-corrected chi connectivity index (χ1v) is 7.62. The lowest BCUT2D eigenvalue weighted by atomic mass is 9.92. The minimum absolute atomic E-state index is 0.0604. The Morgan fingerprint density at radius 1 is 1.22 bits per heavy atom. The van der Waals surface area contributed by atoms with Crippen molar-refractivity contribution in [1.29, 1.82) is 0 Å². The fourth-order valence-electron chi connectivity index (χ4n) is 1.70. The molecule has 2 N–H and O–H groups in total. The van der Waals surface area contributed by atoms with Crippen LogP contribution >= 0.6 is 27.3 Å². The molecule has 0 aliphatic heterocycles. The topological polar surface area (TPSA) is 26.0 Å². The molecule has 0 atom stereocenters. The Kier molecular flexibility index (Phi) is 3.95. The molecule has 3 heteroatoms. The van der Waals surface area contributed by atoms with Gasteiger partial charge in [0.15, 0.2) is 0 Å². The zero-order valence-electron chi connectivity index (χ0n) is 11.0. The van der Waals surface area contributed by atoms with Gasteiger partial charge in [0.25, 0.3) is 0 Å². The molecule has 0 unspecified atom stereocenters. The standard InChI is InChI=1S/C15H18BrNS/c1-10-4-5-11(8-12(10)16)13-6-7-14(18-13)15(2,3)9-17/h4-8H,9,17H2,1-3H3. The second-order valence-electron chi connectivity index (χ2n) is 5.22. The molecule has 96 valence electrons. The largest absolute Gasteiger partial charge is 0.330 e. The van der Waals surface area contributed by atoms with Crippen molar-refractivity contribution < 1.29 is 0 Å². The van der Waals surface area contributed by atoms with Crippen molar-refractivity contribution >= 4 is 27.3 Å². The van der Waals surface area contributed by atoms with Crippen molar-refractivity contribution in [3.63, 3.8) is 0 Å². The molecule has 1 aromatic heterocycles. The molecule has 0 fully saturated rings. The van der Waals surface area contributed by atoms with Crippen LogP contribution < -0.4 is 5.73 Å². The van der Waals surface area contributed by atoms with Crippen LogP contribution in [0.1, 0.15) is 24.3 Å². The number of halogens is 1. The first kappa shape index (κ1) is 13.8. The van der Waals surface area contributed by atoms with E-state index in [-0.39, 0.29) is 5.41 Å². The summed E-state index contributed by atoms with van der Waals surface area (Å²) in [6.45, 7) is 7.15. The minimum atomic E-state index is 0.0604. The van der Waals surface area contributed by atoms with Crippen molar-refractivity contribution in [1.82, 2.24) is 0 Å². The second kappa shape index (κ2) is 5.16. The smallest absolute Gasteiger partial charge is 0.0346 e. The molecule has 0 saturated carbocycles. The van der Waals surface area contributed by atoms with Crippen LogP contribution in [0.4, 0.5) is 0 Å². The molecule has 0 aliphatic carbocycles. The van der Waals surface area contributed by atoms with Crippen LogP contribution in [0.5, 0.6) is 0 Å². The predicted molar refractivity (Wildman–Crippen MR) is 84.3 cm³/mol. The normalized spacial score (nSPS) is 11.8. The van der Waals surface area contributed by atoms with Gasteiger partial charge in [0, 0.05) is 26.2 Å². The molecule has 0 amide bonds. The van der Waals surface area contributed by atoms with Gasteiger partial charge in [-0.05, 0) is 36.2 Å². The quantitative estimate of drug-likeness (QED) is 0.868. The van der Waals surface area contributed by atoms with Crippen LogP contribution in [0.15, 0.2) is 34.8 Å². The van der Waals surface area contributed by atoms with Gasteiger partial charge in [-0.1, -0.05) is 41.9 Å². The summed E-state index contributed by atoms with van der Waals surface area (Å²) in [5, 5.41) is 0. The first-order valence-electron chi connectivity index (χ1n) is 6.01. The predicted octanol–water partition coefficient (Wildman–Crippen LogP) is 4.72. The zero-order valence-corrected chi connectivity index (χ0v) is 13.4. The minimum Gasteiger partial charge on any atom is -0.330 e. The summed E-state index contributed by atoms with van der Waals surface area (Å²) in [4.78, 5) is 2.64. The summed E-state index contributed by atoms with van der Waals surface area (Å²) in [7, 11) is 0. The highest BCUT2D eigenvalue weighted by Gasteiger charge is 2.20. The Morgan fingerprint density at radius 2 is 1.94 bits per heavy atom. The van der Waals surface area contributed by atoms with Gasteiger partial charge in [-0.3, -0.25) is 0 Å². The summed E-state index contributed by atoms with van der Waals surface area (Å²) >= 11 is 5.42. The van der Waals surface area contributed by atoms with Crippen LogP contribution in [0.3, 0.4) is 0 Å². The molecular weight excluding hydrogens is 306 g/mol. The molecule has 0 saturated heterocycles. The lowest BCUT2D eigenvalue weighted by Gasteiger charge is -2.20. The molecule has 1 aromatic carbocycles. The van der Waals surface area contributed by atoms with Crippen molar-refractivity contribution in [3.8, 4) is 10.4 Å². The third-order valence-corrected chi connectivity index (χ3v) is 5.59. The monoisotopic (exact) mass is 323 g/mol. The van der Waals surface area contributed by atoms with E-state index < -0.39 is 0 Å². The van der Waals surface area contributed by atoms with Crippen molar-refractivity contribution in [3.05, 3.63) is 45.2 Å². The molecule has 1 nitrogen and oxygen atoms in total. The van der Waals surface area contributed by atoms with Crippen LogP contribution in [0.2, 0.25) is 0 Å². The van der Waals surface area contributed by atoms with E-state index in [0.717, 1.165) is 4.47 Å². The van der Waals surface area contributed by atoms with E-state index in [0.29, 0.717) is 6.54 Å². The second-order valence-corrected chi connectivity index (χ2v) is 7.15. The molecule has 1 heterocycles. The number of nitrogens with two attached hydrogens (primary N) is 1. The fraction of sp³-hybridized carbons (Fsp3) is 0.333. The van der Waals surface area contributed by atoms with Gasteiger partial charge in [-0.15, -0.1) is 11.3 Å². The molecule has 0 aliphatic rings. The molecule has 0 bridgehead atoms. The van der Waals surface area contributed by atoms with E-state index in [1.165, 1.54) is 20.9 Å². The lowest BCUT2D eigenvalue weighted by Crippen LogP contribution is -2.26. The molecular formula is C15H18BrNS. The highest BCUT2D eigenvalue weighted by Crippen LogP contribution is 2.36. The number of aryl methyl sites for hydroxylation is 1. The van der Waals surface area contributed by atoms with E-state index in [1.54, 1.807) is 0 Å². The first-order chi connectivity index (χ1) is 8.44. The van der Waals surface area contributed by atoms with Crippen LogP contribution in [0, 0.1) is 6.92 Å². The number of hydrogen-bond donors (Lipinski definition) is 1. The average Bonchev–Trinajstić information content (AvgIpc) is 2.83. The number of thiophene rings is 1. The van der Waals surface area contributed by atoms with Gasteiger partial charge in [-0.2, -0.15) is 0 Å². The summed E-state index contributed by atoms with van der Waals surface area (Å²) < 4.78 is 1.16. The van der Waals surface area contributed by atoms with E-state index in [4.69, 9.17) is 5.73 Å². The Bertz CT molecular complexity index is 557. The van der Waals surface area contributed by atoms with Crippen LogP contribution in [-0.4, -0.2) is 6.54 Å². The van der Waals surface area contributed by atoms with Gasteiger partial charge in [0.05, 0.1) is 0 Å². The van der Waals surface area contributed by atoms with Gasteiger partial charge in [-0.25, -0.2) is 0 Å². The molecule has 2 rings (SSSR count). The van der Waals surface area contributed by atoms with Crippen molar-refractivity contribution in [2.75, 3.05) is 6.54 Å². The third-order valence-electron chi connectivity index (χ3n) is 3.24. The van der Waals surface area contributed by atoms with E-state index in [1.807, 2.05) is 11.3 Å². The van der Waals surface area contributed by atoms with Crippen LogP contribution in [-0.2, 0) is 5.41 Å². The van der Waals surface area contributed by atoms with E-state index in [2.05, 4.69) is 67.0 Å². The summed E-state index contributed by atoms with van der Waals surface area (Å²) in [6, 6.07) is 10.9. The maximum Gasteiger partial charge on any atom is 0.0346 e. The molecule has 18 heavy (non-hydrogen) atoms. The molecule has 0 spiro atoms. The average molecular weight is 324 g/mol. The number of hydrogen-bond acceptors (Lipinski definition) is 2. The van der Waals surface area contributed by atoms with E-state index in [9.17, 15) is 0 Å². The van der Waals surface area contributed by atoms with Crippen LogP contribution in [0.25, 0.3) is 10.4 Å². The Balaban J connectivity index is 2.38. The van der Waals surface area contributed by atoms with Gasteiger partial charge in [0.2, 0.25) is 0 Å². The van der Waals surface area contributed by atoms with Crippen molar-refractivity contribution in [2.24, 2.45) is 5.73 Å². The van der Waals surface area contributed by atoms with Gasteiger partial charge >= 0.3 is 0 Å². The Labute approximate surface area is 121 Å². The summed E-state index contributed by atoms with van der Waals surface area (Å²) in [5.41, 5.74) is 8.41. The fourth-order valence-corrected chi connectivity index (χ4v) is 3.20. The number of rotatable bonds is 3.